The lowest BCUT2D eigenvalue weighted by Crippen LogP contribution is -2.29. The Morgan fingerprint density at radius 1 is 1.11 bits per heavy atom. The molecule has 1 N–H and O–H groups in total. The summed E-state index contributed by atoms with van der Waals surface area (Å²) in [7, 11) is 3.09. The molecule has 3 aromatic rings. The highest BCUT2D eigenvalue weighted by Crippen LogP contribution is 2.31. The van der Waals surface area contributed by atoms with Crippen molar-refractivity contribution < 1.29 is 14.3 Å². The van der Waals surface area contributed by atoms with Crippen molar-refractivity contribution in [3.05, 3.63) is 70.0 Å². The van der Waals surface area contributed by atoms with Gasteiger partial charge in [0, 0.05) is 17.7 Å². The molecule has 3 rings (SSSR count). The Morgan fingerprint density at radius 2 is 1.89 bits per heavy atom. The quantitative estimate of drug-likeness (QED) is 0.688. The molecule has 144 valence electrons. The van der Waals surface area contributed by atoms with E-state index in [2.05, 4.69) is 10.4 Å². The number of carbonyl (C=O) groups excluding carboxylic acids is 1. The number of hydrogen-bond donors (Lipinski definition) is 1. The van der Waals surface area contributed by atoms with E-state index >= 15 is 0 Å². The molecule has 0 radical (unpaired) electrons. The standard InChI is InChI=1S/C20H18ClN3O4/c1-27-13-7-8-14(18(11-13)28-2)16-9-10-20(26)24(23-16)12-19(25)22-17-6-4-3-5-15(17)21/h3-11H,12H2,1-2H3,(H,22,25). The van der Waals surface area contributed by atoms with Gasteiger partial charge in [-0.05, 0) is 30.3 Å². The average Bonchev–Trinajstić information content (AvgIpc) is 2.71. The predicted molar refractivity (Wildman–Crippen MR) is 107 cm³/mol. The van der Waals surface area contributed by atoms with Crippen LogP contribution in [0.25, 0.3) is 11.3 Å². The average molecular weight is 400 g/mol. The number of amides is 1. The van der Waals surface area contributed by atoms with Crippen LogP contribution in [-0.2, 0) is 11.3 Å². The number of methoxy groups -OCH3 is 2. The summed E-state index contributed by atoms with van der Waals surface area (Å²) in [6.07, 6.45) is 0. The van der Waals surface area contributed by atoms with Crippen molar-refractivity contribution >= 4 is 23.2 Å². The van der Waals surface area contributed by atoms with E-state index in [1.165, 1.54) is 13.2 Å². The van der Waals surface area contributed by atoms with E-state index in [4.69, 9.17) is 21.1 Å². The topological polar surface area (TPSA) is 82.5 Å². The Bertz CT molecular complexity index is 1070. The number of benzene rings is 2. The molecule has 0 bridgehead atoms. The number of nitrogens with one attached hydrogen (secondary N) is 1. The van der Waals surface area contributed by atoms with Crippen LogP contribution < -0.4 is 20.3 Å². The minimum Gasteiger partial charge on any atom is -0.497 e. The number of para-hydroxylation sites is 1. The van der Waals surface area contributed by atoms with Gasteiger partial charge in [0.25, 0.3) is 5.56 Å². The number of nitrogens with zero attached hydrogens (tertiary/aromatic N) is 2. The van der Waals surface area contributed by atoms with Gasteiger partial charge in [-0.2, -0.15) is 5.10 Å². The molecule has 0 aliphatic rings. The molecule has 0 spiro atoms. The van der Waals surface area contributed by atoms with Crippen molar-refractivity contribution in [2.24, 2.45) is 0 Å². The molecule has 0 aliphatic heterocycles. The number of halogens is 1. The second-order valence-electron chi connectivity index (χ2n) is 5.81. The van der Waals surface area contributed by atoms with Gasteiger partial charge in [0.05, 0.1) is 30.6 Å². The number of hydrogen-bond acceptors (Lipinski definition) is 5. The molecule has 0 atom stereocenters. The smallest absolute Gasteiger partial charge is 0.267 e. The van der Waals surface area contributed by atoms with E-state index in [0.717, 1.165) is 4.68 Å². The summed E-state index contributed by atoms with van der Waals surface area (Å²) in [6, 6.07) is 15.0. The maximum Gasteiger partial charge on any atom is 0.267 e. The van der Waals surface area contributed by atoms with Crippen LogP contribution in [0.2, 0.25) is 5.02 Å². The Morgan fingerprint density at radius 3 is 2.61 bits per heavy atom. The lowest BCUT2D eigenvalue weighted by atomic mass is 10.1. The van der Waals surface area contributed by atoms with Gasteiger partial charge in [-0.3, -0.25) is 9.59 Å². The van der Waals surface area contributed by atoms with E-state index in [1.54, 1.807) is 55.6 Å². The highest BCUT2D eigenvalue weighted by atomic mass is 35.5. The van der Waals surface area contributed by atoms with Gasteiger partial charge in [-0.1, -0.05) is 23.7 Å². The molecular weight excluding hydrogens is 382 g/mol. The Hall–Kier alpha value is -3.32. The van der Waals surface area contributed by atoms with Crippen LogP contribution in [-0.4, -0.2) is 29.9 Å². The molecule has 28 heavy (non-hydrogen) atoms. The maximum atomic E-state index is 12.3. The molecule has 1 amide bonds. The van der Waals surface area contributed by atoms with Gasteiger partial charge >= 0.3 is 0 Å². The molecule has 0 saturated heterocycles. The largest absolute Gasteiger partial charge is 0.497 e. The summed E-state index contributed by atoms with van der Waals surface area (Å²) >= 11 is 6.04. The third-order valence-electron chi connectivity index (χ3n) is 3.99. The van der Waals surface area contributed by atoms with Crippen LogP contribution in [0.5, 0.6) is 11.5 Å². The first kappa shape index (κ1) is 19.4. The third kappa shape index (κ3) is 4.32. The Kier molecular flexibility index (Phi) is 5.96. The second-order valence-corrected chi connectivity index (χ2v) is 6.22. The van der Waals surface area contributed by atoms with Gasteiger partial charge in [-0.25, -0.2) is 4.68 Å². The van der Waals surface area contributed by atoms with Gasteiger partial charge in [-0.15, -0.1) is 0 Å². The second kappa shape index (κ2) is 8.58. The number of ether oxygens (including phenoxy) is 2. The van der Waals surface area contributed by atoms with Gasteiger partial charge in [0.2, 0.25) is 5.91 Å². The summed E-state index contributed by atoms with van der Waals surface area (Å²) in [5.41, 5.74) is 1.23. The fraction of sp³-hybridized carbons (Fsp3) is 0.150. The zero-order valence-electron chi connectivity index (χ0n) is 15.3. The first-order valence-electron chi connectivity index (χ1n) is 8.37. The molecular formula is C20H18ClN3O4. The van der Waals surface area contributed by atoms with Crippen LogP contribution in [0.3, 0.4) is 0 Å². The van der Waals surface area contributed by atoms with E-state index in [9.17, 15) is 9.59 Å². The third-order valence-corrected chi connectivity index (χ3v) is 4.32. The summed E-state index contributed by atoms with van der Waals surface area (Å²) in [6.45, 7) is -0.254. The summed E-state index contributed by atoms with van der Waals surface area (Å²) in [4.78, 5) is 24.5. The minimum atomic E-state index is -0.415. The molecule has 1 heterocycles. The summed E-state index contributed by atoms with van der Waals surface area (Å²) < 4.78 is 11.7. The van der Waals surface area contributed by atoms with Crippen LogP contribution in [0, 0.1) is 0 Å². The monoisotopic (exact) mass is 399 g/mol. The molecule has 0 unspecified atom stereocenters. The molecule has 0 saturated carbocycles. The predicted octanol–water partition coefficient (Wildman–Crippen LogP) is 3.22. The van der Waals surface area contributed by atoms with Crippen LogP contribution in [0.4, 0.5) is 5.69 Å². The van der Waals surface area contributed by atoms with E-state index in [0.29, 0.717) is 33.5 Å². The van der Waals surface area contributed by atoms with Gasteiger partial charge in [0.15, 0.2) is 0 Å². The molecule has 1 aromatic heterocycles. The number of carbonyl (C=O) groups is 1. The number of rotatable bonds is 6. The van der Waals surface area contributed by atoms with E-state index in [1.807, 2.05) is 0 Å². The zero-order valence-corrected chi connectivity index (χ0v) is 16.1. The fourth-order valence-corrected chi connectivity index (χ4v) is 2.79. The Labute approximate surface area is 166 Å². The SMILES string of the molecule is COc1ccc(-c2ccc(=O)n(CC(=O)Nc3ccccc3Cl)n2)c(OC)c1. The fourth-order valence-electron chi connectivity index (χ4n) is 2.60. The molecule has 7 nitrogen and oxygen atoms in total. The summed E-state index contributed by atoms with van der Waals surface area (Å²) in [5, 5.41) is 7.38. The lowest BCUT2D eigenvalue weighted by Gasteiger charge is -2.12. The van der Waals surface area contributed by atoms with Crippen molar-refractivity contribution in [2.45, 2.75) is 6.54 Å². The van der Waals surface area contributed by atoms with Crippen LogP contribution in [0.1, 0.15) is 0 Å². The number of aromatic nitrogens is 2. The molecule has 2 aromatic carbocycles. The van der Waals surface area contributed by atoms with Crippen molar-refractivity contribution in [2.75, 3.05) is 19.5 Å². The summed E-state index contributed by atoms with van der Waals surface area (Å²) in [5.74, 6) is 0.757. The van der Waals surface area contributed by atoms with E-state index in [-0.39, 0.29) is 6.54 Å². The van der Waals surface area contributed by atoms with Crippen LogP contribution in [0.15, 0.2) is 59.4 Å². The lowest BCUT2D eigenvalue weighted by molar-refractivity contribution is -0.117. The highest BCUT2D eigenvalue weighted by molar-refractivity contribution is 6.33. The minimum absolute atomic E-state index is 0.254. The maximum absolute atomic E-state index is 12.3. The first-order chi connectivity index (χ1) is 13.5. The molecule has 0 aliphatic carbocycles. The number of anilines is 1. The molecule has 0 fully saturated rings. The van der Waals surface area contributed by atoms with Crippen molar-refractivity contribution in [3.8, 4) is 22.8 Å². The van der Waals surface area contributed by atoms with Crippen molar-refractivity contribution in [1.82, 2.24) is 9.78 Å². The zero-order chi connectivity index (χ0) is 20.1. The van der Waals surface area contributed by atoms with Crippen molar-refractivity contribution in [3.63, 3.8) is 0 Å². The van der Waals surface area contributed by atoms with Gasteiger partial charge < -0.3 is 14.8 Å². The van der Waals surface area contributed by atoms with Crippen LogP contribution >= 0.6 is 11.6 Å². The normalized spacial score (nSPS) is 10.4. The first-order valence-corrected chi connectivity index (χ1v) is 8.74. The Balaban J connectivity index is 1.87. The molecule has 8 heteroatoms. The highest BCUT2D eigenvalue weighted by Gasteiger charge is 2.13. The van der Waals surface area contributed by atoms with Crippen molar-refractivity contribution in [1.29, 1.82) is 0 Å². The van der Waals surface area contributed by atoms with E-state index < -0.39 is 11.5 Å². The van der Waals surface area contributed by atoms with Gasteiger partial charge in [0.1, 0.15) is 18.0 Å².